The van der Waals surface area contributed by atoms with Crippen LogP contribution in [0.15, 0.2) is 85.3 Å². The molecule has 15 nitrogen and oxygen atoms in total. The molecule has 18 heteroatoms. The molecule has 1 aliphatic carbocycles. The van der Waals surface area contributed by atoms with Crippen LogP contribution >= 0.6 is 11.6 Å². The molecule has 78 heavy (non-hydrogen) atoms. The summed E-state index contributed by atoms with van der Waals surface area (Å²) in [6.45, 7) is 6.42. The number of carbonyl (C=O) groups is 4. The van der Waals surface area contributed by atoms with Crippen LogP contribution in [0, 0.1) is 17.6 Å². The molecule has 5 fully saturated rings. The van der Waals surface area contributed by atoms with Crippen LogP contribution < -0.4 is 21.3 Å². The zero-order valence-electron chi connectivity index (χ0n) is 44.7. The quantitative estimate of drug-likeness (QED) is 0.0589. The maximum Gasteiger partial charge on any atom is 0.251 e. The summed E-state index contributed by atoms with van der Waals surface area (Å²) in [6.07, 6.45) is 15.3. The van der Waals surface area contributed by atoms with Gasteiger partial charge < -0.3 is 45.7 Å². The Hall–Kier alpha value is -5.85. The number of rotatable bonds is 20. The molecule has 5 aromatic rings. The summed E-state index contributed by atoms with van der Waals surface area (Å²) < 4.78 is 34.1. The minimum Gasteiger partial charge on any atom is -0.375 e. The number of anilines is 1. The maximum atomic E-state index is 14.4. The molecule has 3 amide bonds. The molecule has 6 heterocycles. The lowest BCUT2D eigenvalue weighted by Gasteiger charge is -2.40. The molecule has 4 aliphatic heterocycles. The summed E-state index contributed by atoms with van der Waals surface area (Å²) in [5.41, 5.74) is 9.75. The first-order chi connectivity index (χ1) is 37.9. The molecule has 416 valence electrons. The molecule has 1 saturated carbocycles. The van der Waals surface area contributed by atoms with Crippen LogP contribution in [-0.4, -0.2) is 142 Å². The van der Waals surface area contributed by atoms with E-state index in [4.69, 9.17) is 22.1 Å². The predicted octanol–water partition coefficient (Wildman–Crippen LogP) is 8.28. The molecule has 4 saturated heterocycles. The number of halogens is 3. The number of piperidine rings is 3. The Balaban J connectivity index is 0.657. The Bertz CT molecular complexity index is 2850. The largest absolute Gasteiger partial charge is 0.375 e. The van der Waals surface area contributed by atoms with E-state index < -0.39 is 23.2 Å². The number of ketones is 1. The summed E-state index contributed by atoms with van der Waals surface area (Å²) in [5.74, 6) is -0.370. The maximum absolute atomic E-state index is 14.4. The smallest absolute Gasteiger partial charge is 0.251 e. The van der Waals surface area contributed by atoms with E-state index >= 15 is 0 Å². The third-order valence-corrected chi connectivity index (χ3v) is 17.8. The van der Waals surface area contributed by atoms with E-state index in [1.54, 1.807) is 17.3 Å². The van der Waals surface area contributed by atoms with Crippen molar-refractivity contribution in [3.05, 3.63) is 124 Å². The van der Waals surface area contributed by atoms with Crippen molar-refractivity contribution in [1.29, 1.82) is 0 Å². The molecule has 0 bridgehead atoms. The van der Waals surface area contributed by atoms with Gasteiger partial charge in [0.25, 0.3) is 5.91 Å². The Kier molecular flexibility index (Phi) is 18.1. The zero-order valence-corrected chi connectivity index (χ0v) is 45.4. The number of nitrogens with one attached hydrogen (secondary N) is 3. The number of benzene rings is 3. The van der Waals surface area contributed by atoms with Crippen LogP contribution in [-0.2, 0) is 25.7 Å². The van der Waals surface area contributed by atoms with Crippen LogP contribution in [0.3, 0.4) is 0 Å². The number of hydrogen-bond acceptors (Lipinski definition) is 11. The number of hydrogen-bond donors (Lipinski definition) is 4. The lowest BCUT2D eigenvalue weighted by molar-refractivity contribution is -0.139. The van der Waals surface area contributed by atoms with Gasteiger partial charge in [0.15, 0.2) is 5.78 Å². The topological polar surface area (TPSA) is 182 Å². The summed E-state index contributed by atoms with van der Waals surface area (Å²) in [5, 5.41) is 7.82. The van der Waals surface area contributed by atoms with E-state index in [0.717, 1.165) is 119 Å². The van der Waals surface area contributed by atoms with E-state index in [-0.39, 0.29) is 72.1 Å². The van der Waals surface area contributed by atoms with Crippen molar-refractivity contribution in [2.45, 2.75) is 132 Å². The van der Waals surface area contributed by atoms with E-state index in [9.17, 15) is 28.0 Å². The SMILES string of the molecule is NC1(C(=O)CC[C@@H](CCN2CCC(OC3CCN(C(=O)[C@H](NC(=O)c4cccc(C5CN(C(=O)CNCc6ccc(F)cc6F)C5)c4)C4CCCCC4)CC3)CC2)c2ccc(Cl)cc2)CCN(c2ncnc3[nH]ccc23)CC1. The van der Waals surface area contributed by atoms with Crippen molar-refractivity contribution in [1.82, 2.24) is 40.3 Å². The number of nitrogens with zero attached hydrogens (tertiary/aromatic N) is 6. The number of amides is 3. The number of H-pyrrole nitrogens is 1. The second-order valence-corrected chi connectivity index (χ2v) is 23.0. The number of carbonyl (C=O) groups excluding carboxylic acids is 4. The highest BCUT2D eigenvalue weighted by molar-refractivity contribution is 6.30. The van der Waals surface area contributed by atoms with Crippen molar-refractivity contribution in [3.8, 4) is 0 Å². The lowest BCUT2D eigenvalue weighted by atomic mass is 9.80. The van der Waals surface area contributed by atoms with Gasteiger partial charge in [0, 0.05) is 99.7 Å². The number of aromatic nitrogens is 3. The summed E-state index contributed by atoms with van der Waals surface area (Å²) >= 11 is 6.32. The lowest BCUT2D eigenvalue weighted by Crippen LogP contribution is -2.55. The monoisotopic (exact) mass is 1090 g/mol. The van der Waals surface area contributed by atoms with Gasteiger partial charge in [-0.25, -0.2) is 18.7 Å². The first-order valence-corrected chi connectivity index (χ1v) is 28.8. The molecule has 0 spiro atoms. The minimum absolute atomic E-state index is 0.00972. The van der Waals surface area contributed by atoms with Crippen LogP contribution in [0.4, 0.5) is 14.6 Å². The number of nitrogens with two attached hydrogens (primary N) is 1. The summed E-state index contributed by atoms with van der Waals surface area (Å²) in [6, 6.07) is 20.3. The Morgan fingerprint density at radius 2 is 1.55 bits per heavy atom. The van der Waals surface area contributed by atoms with E-state index in [0.29, 0.717) is 69.1 Å². The average Bonchev–Trinajstić information content (AvgIpc) is 3.94. The second-order valence-electron chi connectivity index (χ2n) is 22.6. The predicted molar refractivity (Wildman–Crippen MR) is 297 cm³/mol. The van der Waals surface area contributed by atoms with Gasteiger partial charge in [-0.2, -0.15) is 0 Å². The number of likely N-dealkylation sites (tertiary alicyclic amines) is 3. The molecule has 0 radical (unpaired) electrons. The third-order valence-electron chi connectivity index (χ3n) is 17.5. The highest BCUT2D eigenvalue weighted by Gasteiger charge is 2.40. The van der Waals surface area contributed by atoms with E-state index in [1.165, 1.54) is 17.7 Å². The highest BCUT2D eigenvalue weighted by Crippen LogP contribution is 2.34. The second kappa shape index (κ2) is 25.5. The highest BCUT2D eigenvalue weighted by atomic mass is 35.5. The Labute approximate surface area is 461 Å². The minimum atomic E-state index is -0.863. The van der Waals surface area contributed by atoms with Crippen molar-refractivity contribution >= 4 is 52.0 Å². The van der Waals surface area contributed by atoms with Gasteiger partial charge >= 0.3 is 0 Å². The standard InChI is InChI=1S/C60H75ClF2N10O5/c61-47-13-9-40(10-14-47)41(12-16-53(74)60(64)23-31-71(32-24-60)57-51-17-25-66-56(51)67-39-68-57)18-26-70-27-19-49(20-28-70)78-50-21-29-72(30-22-50)59(77)55(42-5-2-1-3-6-42)69-58(76)44-8-4-7-43(33-44)46-37-73(38-46)54(75)36-65-35-45-11-15-48(62)34-52(45)63/h4,7-11,13-15,17,25,33-34,39,41-42,46,49-50,55,65H,1-3,5-6,12,16,18-24,26-32,35-38,64H2,(H,69,76)(H,66,67,68)/t41-,55+/m0/s1. The fourth-order valence-corrected chi connectivity index (χ4v) is 12.7. The molecule has 3 aromatic carbocycles. The Morgan fingerprint density at radius 3 is 2.28 bits per heavy atom. The third kappa shape index (κ3) is 13.6. The molecule has 2 aromatic heterocycles. The zero-order chi connectivity index (χ0) is 54.2. The molecule has 0 unspecified atom stereocenters. The van der Waals surface area contributed by atoms with Crippen LogP contribution in [0.1, 0.15) is 129 Å². The number of fused-ring (bicyclic) bond motifs is 1. The van der Waals surface area contributed by atoms with Gasteiger partial charge in [0.1, 0.15) is 35.5 Å². The number of Topliss-reactive ketones (excluding diaryl/α,β-unsaturated/α-hetero) is 1. The molecular weight excluding hydrogens is 1010 g/mol. The summed E-state index contributed by atoms with van der Waals surface area (Å²) in [4.78, 5) is 75.6. The molecule has 5 N–H and O–H groups in total. The van der Waals surface area contributed by atoms with Gasteiger partial charge in [-0.15, -0.1) is 0 Å². The molecule has 10 rings (SSSR count). The Morgan fingerprint density at radius 1 is 0.821 bits per heavy atom. The van der Waals surface area contributed by atoms with Gasteiger partial charge in [-0.3, -0.25) is 19.2 Å². The van der Waals surface area contributed by atoms with E-state index in [1.807, 2.05) is 47.5 Å². The average molecular weight is 1090 g/mol. The van der Waals surface area contributed by atoms with Gasteiger partial charge in [0.05, 0.1) is 29.7 Å². The van der Waals surface area contributed by atoms with Gasteiger partial charge in [-0.1, -0.05) is 61.2 Å². The van der Waals surface area contributed by atoms with Gasteiger partial charge in [-0.05, 0) is 130 Å². The van der Waals surface area contributed by atoms with Crippen LogP contribution in [0.25, 0.3) is 11.0 Å². The van der Waals surface area contributed by atoms with Crippen molar-refractivity contribution in [2.24, 2.45) is 11.7 Å². The molecular formula is C60H75ClF2N10O5. The van der Waals surface area contributed by atoms with E-state index in [2.05, 4.69) is 47.5 Å². The van der Waals surface area contributed by atoms with Crippen LogP contribution in [0.2, 0.25) is 5.02 Å². The normalized spacial score (nSPS) is 19.9. The molecule has 5 aliphatic rings. The number of aromatic amines is 1. The van der Waals surface area contributed by atoms with Crippen LogP contribution in [0.5, 0.6) is 0 Å². The van der Waals surface area contributed by atoms with Crippen molar-refractivity contribution in [2.75, 3.05) is 70.3 Å². The summed E-state index contributed by atoms with van der Waals surface area (Å²) in [7, 11) is 0. The van der Waals surface area contributed by atoms with Crippen molar-refractivity contribution < 1.29 is 32.7 Å². The fraction of sp³-hybridized carbons (Fsp3) is 0.533. The first kappa shape index (κ1) is 55.5. The molecule has 2 atom stereocenters. The first-order valence-electron chi connectivity index (χ1n) is 28.5. The fourth-order valence-electron chi connectivity index (χ4n) is 12.5. The van der Waals surface area contributed by atoms with Crippen molar-refractivity contribution in [3.63, 3.8) is 0 Å². The number of ether oxygens (including phenoxy) is 1. The van der Waals surface area contributed by atoms with Gasteiger partial charge in [0.2, 0.25) is 11.8 Å².